The number of hydrogen-bond acceptors (Lipinski definition) is 6. The number of benzene rings is 1. The van der Waals surface area contributed by atoms with Crippen molar-refractivity contribution in [2.24, 2.45) is 5.92 Å². The van der Waals surface area contributed by atoms with Gasteiger partial charge in [-0.3, -0.25) is 4.79 Å². The number of fused-ring (bicyclic) bond motifs is 1. The van der Waals surface area contributed by atoms with E-state index in [9.17, 15) is 4.79 Å². The predicted octanol–water partition coefficient (Wildman–Crippen LogP) is 2.56. The van der Waals surface area contributed by atoms with Gasteiger partial charge >= 0.3 is 0 Å². The monoisotopic (exact) mass is 380 g/mol. The van der Waals surface area contributed by atoms with Gasteiger partial charge in [-0.2, -0.15) is 5.10 Å². The third-order valence-electron chi connectivity index (χ3n) is 5.11. The lowest BCUT2D eigenvalue weighted by atomic mass is 9.97. The Hall–Kier alpha value is -3.09. The number of ether oxygens (including phenoxy) is 2. The van der Waals surface area contributed by atoms with Crippen LogP contribution in [0.4, 0.5) is 5.82 Å². The summed E-state index contributed by atoms with van der Waals surface area (Å²) < 4.78 is 10.6. The minimum atomic E-state index is -0.0792. The largest absolute Gasteiger partial charge is 0.454 e. The smallest absolute Gasteiger partial charge is 0.244 e. The number of carbonyl (C=O) groups excluding carboxylic acids is 1. The van der Waals surface area contributed by atoms with Gasteiger partial charge in [-0.15, -0.1) is 5.10 Å². The molecule has 146 valence electrons. The molecule has 2 aromatic rings. The van der Waals surface area contributed by atoms with Crippen molar-refractivity contribution < 1.29 is 14.3 Å². The summed E-state index contributed by atoms with van der Waals surface area (Å²) in [5.41, 5.74) is 1.84. The molecule has 1 fully saturated rings. The number of aryl methyl sites for hydroxylation is 1. The Bertz CT molecular complexity index is 858. The van der Waals surface area contributed by atoms with Gasteiger partial charge in [-0.05, 0) is 61.6 Å². The van der Waals surface area contributed by atoms with E-state index < -0.39 is 0 Å². The average molecular weight is 380 g/mol. The lowest BCUT2D eigenvalue weighted by Gasteiger charge is -2.32. The van der Waals surface area contributed by atoms with Gasteiger partial charge in [0.2, 0.25) is 12.7 Å². The zero-order chi connectivity index (χ0) is 19.3. The summed E-state index contributed by atoms with van der Waals surface area (Å²) in [7, 11) is 0. The number of nitrogens with zero attached hydrogens (tertiary/aromatic N) is 3. The van der Waals surface area contributed by atoms with Crippen molar-refractivity contribution in [2.75, 3.05) is 31.3 Å². The molecule has 0 spiro atoms. The van der Waals surface area contributed by atoms with E-state index in [2.05, 4.69) is 20.4 Å². The third kappa shape index (κ3) is 4.42. The van der Waals surface area contributed by atoms with E-state index in [1.54, 1.807) is 12.2 Å². The molecule has 1 aromatic heterocycles. The molecule has 0 unspecified atom stereocenters. The first-order chi connectivity index (χ1) is 13.7. The van der Waals surface area contributed by atoms with Crippen molar-refractivity contribution in [1.29, 1.82) is 0 Å². The van der Waals surface area contributed by atoms with Crippen molar-refractivity contribution in [3.05, 3.63) is 47.7 Å². The molecule has 0 atom stereocenters. The minimum Gasteiger partial charge on any atom is -0.454 e. The van der Waals surface area contributed by atoms with E-state index in [4.69, 9.17) is 9.47 Å². The predicted molar refractivity (Wildman–Crippen MR) is 106 cm³/mol. The Kier molecular flexibility index (Phi) is 5.41. The van der Waals surface area contributed by atoms with Crippen molar-refractivity contribution in [2.45, 2.75) is 19.8 Å². The van der Waals surface area contributed by atoms with Crippen LogP contribution in [0.2, 0.25) is 0 Å². The summed E-state index contributed by atoms with van der Waals surface area (Å²) in [4.78, 5) is 14.4. The van der Waals surface area contributed by atoms with Gasteiger partial charge < -0.3 is 19.7 Å². The highest BCUT2D eigenvalue weighted by molar-refractivity contribution is 5.91. The Morgan fingerprint density at radius 2 is 2.00 bits per heavy atom. The van der Waals surface area contributed by atoms with Crippen molar-refractivity contribution >= 4 is 17.8 Å². The molecular weight excluding hydrogens is 356 g/mol. The van der Waals surface area contributed by atoms with Crippen LogP contribution in [0, 0.1) is 12.8 Å². The fraction of sp³-hybridized carbons (Fsp3) is 0.381. The van der Waals surface area contributed by atoms with Crippen molar-refractivity contribution in [1.82, 2.24) is 15.5 Å². The zero-order valence-corrected chi connectivity index (χ0v) is 15.9. The first-order valence-corrected chi connectivity index (χ1v) is 9.58. The van der Waals surface area contributed by atoms with Crippen LogP contribution in [-0.4, -0.2) is 42.5 Å². The molecule has 7 heteroatoms. The van der Waals surface area contributed by atoms with E-state index in [0.717, 1.165) is 48.8 Å². The molecule has 0 bridgehead atoms. The molecule has 1 amide bonds. The SMILES string of the molecule is Cc1ccc(N2CCC(CNC(=O)/C=C/c3ccc4c(c3)OCO4)CC2)nn1. The number of amides is 1. The first kappa shape index (κ1) is 18.3. The van der Waals surface area contributed by atoms with Gasteiger partial charge in [0.25, 0.3) is 0 Å². The lowest BCUT2D eigenvalue weighted by Crippen LogP contribution is -2.38. The van der Waals surface area contributed by atoms with E-state index in [1.165, 1.54) is 0 Å². The highest BCUT2D eigenvalue weighted by Crippen LogP contribution is 2.32. The van der Waals surface area contributed by atoms with Gasteiger partial charge in [-0.1, -0.05) is 6.07 Å². The van der Waals surface area contributed by atoms with Crippen LogP contribution >= 0.6 is 0 Å². The summed E-state index contributed by atoms with van der Waals surface area (Å²) in [5.74, 6) is 2.79. The van der Waals surface area contributed by atoms with Gasteiger partial charge in [0.1, 0.15) is 0 Å². The Morgan fingerprint density at radius 3 is 2.79 bits per heavy atom. The summed E-state index contributed by atoms with van der Waals surface area (Å²) in [6.07, 6.45) is 5.41. The molecule has 28 heavy (non-hydrogen) atoms. The standard InChI is InChI=1S/C21H24N4O3/c1-15-2-6-20(24-23-15)25-10-8-17(9-11-25)13-22-21(26)7-4-16-3-5-18-19(12-16)28-14-27-18/h2-7,12,17H,8-11,13-14H2,1H3,(H,22,26)/b7-4+. The number of carbonyl (C=O) groups is 1. The van der Waals surface area contributed by atoms with E-state index in [1.807, 2.05) is 37.3 Å². The van der Waals surface area contributed by atoms with E-state index >= 15 is 0 Å². The van der Waals surface area contributed by atoms with Gasteiger partial charge in [0.15, 0.2) is 17.3 Å². The molecule has 2 aliphatic heterocycles. The van der Waals surface area contributed by atoms with Crippen molar-refractivity contribution in [3.8, 4) is 11.5 Å². The molecule has 2 aliphatic rings. The average Bonchev–Trinajstić information content (AvgIpc) is 3.19. The van der Waals surface area contributed by atoms with Crippen LogP contribution in [-0.2, 0) is 4.79 Å². The molecule has 4 rings (SSSR count). The number of anilines is 1. The number of aromatic nitrogens is 2. The van der Waals surface area contributed by atoms with Gasteiger partial charge in [0.05, 0.1) is 5.69 Å². The normalized spacial score (nSPS) is 16.5. The molecular formula is C21H24N4O3. The molecule has 1 saturated heterocycles. The quantitative estimate of drug-likeness (QED) is 0.804. The molecule has 1 N–H and O–H groups in total. The van der Waals surface area contributed by atoms with E-state index in [-0.39, 0.29) is 12.7 Å². The first-order valence-electron chi connectivity index (χ1n) is 9.58. The summed E-state index contributed by atoms with van der Waals surface area (Å²) in [6, 6.07) is 9.63. The van der Waals surface area contributed by atoms with Crippen LogP contribution in [0.3, 0.4) is 0 Å². The van der Waals surface area contributed by atoms with Crippen LogP contribution < -0.4 is 19.7 Å². The molecule has 0 radical (unpaired) electrons. The van der Waals surface area contributed by atoms with Crippen molar-refractivity contribution in [3.63, 3.8) is 0 Å². The Balaban J connectivity index is 1.22. The molecule has 0 aliphatic carbocycles. The molecule has 0 saturated carbocycles. The number of piperidine rings is 1. The zero-order valence-electron chi connectivity index (χ0n) is 15.9. The maximum Gasteiger partial charge on any atom is 0.244 e. The highest BCUT2D eigenvalue weighted by atomic mass is 16.7. The highest BCUT2D eigenvalue weighted by Gasteiger charge is 2.20. The summed E-state index contributed by atoms with van der Waals surface area (Å²) >= 11 is 0. The second kappa shape index (κ2) is 8.29. The van der Waals surface area contributed by atoms with Crippen LogP contribution in [0.5, 0.6) is 11.5 Å². The molecule has 1 aromatic carbocycles. The minimum absolute atomic E-state index is 0.0792. The van der Waals surface area contributed by atoms with E-state index in [0.29, 0.717) is 18.2 Å². The third-order valence-corrected chi connectivity index (χ3v) is 5.11. The Labute approximate surface area is 164 Å². The van der Waals surface area contributed by atoms with Crippen LogP contribution in [0.15, 0.2) is 36.4 Å². The molecule has 7 nitrogen and oxygen atoms in total. The second-order valence-electron chi connectivity index (χ2n) is 7.15. The fourth-order valence-electron chi connectivity index (χ4n) is 3.42. The maximum atomic E-state index is 12.1. The van der Waals surface area contributed by atoms with Gasteiger partial charge in [0, 0.05) is 25.7 Å². The van der Waals surface area contributed by atoms with Gasteiger partial charge in [-0.25, -0.2) is 0 Å². The summed E-state index contributed by atoms with van der Waals surface area (Å²) in [5, 5.41) is 11.4. The molecule has 3 heterocycles. The number of hydrogen-bond donors (Lipinski definition) is 1. The summed E-state index contributed by atoms with van der Waals surface area (Å²) in [6.45, 7) is 4.75. The number of nitrogens with one attached hydrogen (secondary N) is 1. The number of rotatable bonds is 5. The maximum absolute atomic E-state index is 12.1. The van der Waals surface area contributed by atoms with Crippen LogP contribution in [0.25, 0.3) is 6.08 Å². The second-order valence-corrected chi connectivity index (χ2v) is 7.15. The fourth-order valence-corrected chi connectivity index (χ4v) is 3.42. The Morgan fingerprint density at radius 1 is 1.18 bits per heavy atom. The lowest BCUT2D eigenvalue weighted by molar-refractivity contribution is -0.116. The topological polar surface area (TPSA) is 76.6 Å². The van der Waals surface area contributed by atoms with Crippen LogP contribution in [0.1, 0.15) is 24.1 Å².